The van der Waals surface area contributed by atoms with Crippen molar-refractivity contribution in [1.82, 2.24) is 9.78 Å². The summed E-state index contributed by atoms with van der Waals surface area (Å²) >= 11 is 0. The van der Waals surface area contributed by atoms with Crippen LogP contribution in [0.3, 0.4) is 0 Å². The van der Waals surface area contributed by atoms with E-state index in [-0.39, 0.29) is 22.2 Å². The topological polar surface area (TPSA) is 98.3 Å². The van der Waals surface area contributed by atoms with Gasteiger partial charge in [0.25, 0.3) is 0 Å². The Morgan fingerprint density at radius 1 is 1.10 bits per heavy atom. The summed E-state index contributed by atoms with van der Waals surface area (Å²) in [5, 5.41) is 8.77. The second kappa shape index (κ2) is 7.82. The van der Waals surface area contributed by atoms with Gasteiger partial charge in [-0.05, 0) is 55.0 Å². The summed E-state index contributed by atoms with van der Waals surface area (Å²) in [6, 6.07) is 10.9. The first-order valence-corrected chi connectivity index (χ1v) is 10.5. The van der Waals surface area contributed by atoms with Gasteiger partial charge in [-0.3, -0.25) is 4.79 Å². The second-order valence-corrected chi connectivity index (χ2v) is 8.50. The average molecular weight is 452 g/mol. The number of benzene rings is 2. The van der Waals surface area contributed by atoms with Crippen molar-refractivity contribution in [1.29, 1.82) is 0 Å². The Hall–Kier alpha value is -3.18. The number of rotatable bonds is 4. The predicted octanol–water partition coefficient (Wildman–Crippen LogP) is 3.50. The molecule has 2 aromatic carbocycles. The number of alkyl halides is 3. The molecule has 0 atom stereocenters. The molecule has 0 unspecified atom stereocenters. The average Bonchev–Trinajstić information content (AvgIpc) is 3.12. The van der Waals surface area contributed by atoms with Crippen LogP contribution in [0.4, 0.5) is 18.9 Å². The lowest BCUT2D eigenvalue weighted by Crippen LogP contribution is -2.22. The fourth-order valence-corrected chi connectivity index (χ4v) is 3.53. The van der Waals surface area contributed by atoms with Crippen molar-refractivity contribution in [3.05, 3.63) is 59.8 Å². The monoisotopic (exact) mass is 452 g/mol. The summed E-state index contributed by atoms with van der Waals surface area (Å²) in [6.45, 7) is 3.11. The molecule has 1 amide bonds. The number of nitrogens with two attached hydrogens (primary N) is 1. The molecule has 11 heteroatoms. The Labute approximate surface area is 176 Å². The number of nitrogens with zero attached hydrogens (tertiary/aromatic N) is 3. The van der Waals surface area contributed by atoms with E-state index in [1.807, 2.05) is 0 Å². The molecular formula is C20H19F3N4O3S. The van der Waals surface area contributed by atoms with E-state index in [0.717, 1.165) is 10.7 Å². The minimum atomic E-state index is -4.68. The number of hydrogen-bond acceptors (Lipinski definition) is 4. The van der Waals surface area contributed by atoms with Crippen molar-refractivity contribution in [2.45, 2.75) is 24.9 Å². The Kier molecular flexibility index (Phi) is 5.68. The van der Waals surface area contributed by atoms with Gasteiger partial charge in [0.05, 0.1) is 16.3 Å². The summed E-state index contributed by atoms with van der Waals surface area (Å²) in [5.74, 6) is -0.188. The first kappa shape index (κ1) is 22.5. The quantitative estimate of drug-likeness (QED) is 0.655. The van der Waals surface area contributed by atoms with E-state index in [1.54, 1.807) is 32.2 Å². The van der Waals surface area contributed by atoms with Gasteiger partial charge in [-0.25, -0.2) is 18.2 Å². The highest BCUT2D eigenvalue weighted by molar-refractivity contribution is 7.89. The van der Waals surface area contributed by atoms with Crippen LogP contribution in [0.1, 0.15) is 18.2 Å². The maximum absolute atomic E-state index is 13.4. The molecule has 0 fully saturated rings. The van der Waals surface area contributed by atoms with Crippen LogP contribution in [-0.4, -0.2) is 31.2 Å². The molecule has 0 aliphatic rings. The first-order valence-electron chi connectivity index (χ1n) is 8.95. The highest BCUT2D eigenvalue weighted by atomic mass is 32.2. The van der Waals surface area contributed by atoms with E-state index < -0.39 is 21.9 Å². The molecular weight excluding hydrogens is 433 g/mol. The van der Waals surface area contributed by atoms with Crippen molar-refractivity contribution in [2.75, 3.05) is 11.9 Å². The van der Waals surface area contributed by atoms with E-state index in [9.17, 15) is 26.4 Å². The molecule has 3 rings (SSSR count). The summed E-state index contributed by atoms with van der Waals surface area (Å²) in [5.41, 5.74) is 0.976. The van der Waals surface area contributed by atoms with E-state index in [4.69, 9.17) is 5.14 Å². The highest BCUT2D eigenvalue weighted by Gasteiger charge is 2.35. The summed E-state index contributed by atoms with van der Waals surface area (Å²) in [6.07, 6.45) is -4.68. The van der Waals surface area contributed by atoms with Crippen LogP contribution in [0.5, 0.6) is 0 Å². The van der Waals surface area contributed by atoms with E-state index >= 15 is 0 Å². The van der Waals surface area contributed by atoms with E-state index in [1.165, 1.54) is 36.1 Å². The van der Waals surface area contributed by atoms with Gasteiger partial charge in [0.2, 0.25) is 15.9 Å². The highest BCUT2D eigenvalue weighted by Crippen LogP contribution is 2.35. The van der Waals surface area contributed by atoms with Gasteiger partial charge in [0, 0.05) is 25.2 Å². The minimum Gasteiger partial charge on any atom is -0.316 e. The normalized spacial score (nSPS) is 12.1. The smallest absolute Gasteiger partial charge is 0.316 e. The number of amides is 1. The number of aryl methyl sites for hydroxylation is 1. The molecule has 0 saturated heterocycles. The van der Waals surface area contributed by atoms with Gasteiger partial charge in [-0.2, -0.15) is 18.3 Å². The third-order valence-corrected chi connectivity index (χ3v) is 5.68. The van der Waals surface area contributed by atoms with Gasteiger partial charge in [-0.1, -0.05) is 6.07 Å². The summed E-state index contributed by atoms with van der Waals surface area (Å²) < 4.78 is 64.1. The molecule has 1 heterocycles. The molecule has 0 bridgehead atoms. The number of primary sulfonamides is 1. The van der Waals surface area contributed by atoms with Gasteiger partial charge < -0.3 is 4.90 Å². The van der Waals surface area contributed by atoms with Crippen LogP contribution in [0.25, 0.3) is 16.9 Å². The number of anilines is 1. The number of aromatic nitrogens is 2. The fraction of sp³-hybridized carbons (Fsp3) is 0.200. The Morgan fingerprint density at radius 3 is 2.19 bits per heavy atom. The zero-order valence-corrected chi connectivity index (χ0v) is 17.6. The zero-order valence-electron chi connectivity index (χ0n) is 16.8. The van der Waals surface area contributed by atoms with Gasteiger partial charge in [0.1, 0.15) is 0 Å². The fourth-order valence-electron chi connectivity index (χ4n) is 3.01. The number of hydrogen-bond donors (Lipinski definition) is 1. The molecule has 0 aliphatic carbocycles. The molecule has 0 radical (unpaired) electrons. The van der Waals surface area contributed by atoms with Crippen LogP contribution in [-0.2, 0) is 21.0 Å². The molecule has 0 spiro atoms. The molecule has 164 valence electrons. The number of sulfonamides is 1. The van der Waals surface area contributed by atoms with Crippen LogP contribution < -0.4 is 10.0 Å². The lowest BCUT2D eigenvalue weighted by molar-refractivity contribution is -0.141. The number of carbonyl (C=O) groups is 1. The molecule has 31 heavy (non-hydrogen) atoms. The summed E-state index contributed by atoms with van der Waals surface area (Å²) in [4.78, 5) is 12.8. The van der Waals surface area contributed by atoms with Crippen LogP contribution in [0, 0.1) is 6.92 Å². The molecule has 2 N–H and O–H groups in total. The minimum absolute atomic E-state index is 0.158. The molecule has 1 aromatic heterocycles. The number of carbonyl (C=O) groups excluding carboxylic acids is 1. The second-order valence-electron chi connectivity index (χ2n) is 6.94. The van der Waals surface area contributed by atoms with Crippen molar-refractivity contribution in [3.8, 4) is 16.9 Å². The SMILES string of the molecule is CC(=O)N(C)c1ccc(-c2cc(C(F)(F)F)nn2-c2ccc(S(N)(=O)=O)cc2)c(C)c1. The predicted molar refractivity (Wildman–Crippen MR) is 109 cm³/mol. The molecule has 0 aliphatic heterocycles. The van der Waals surface area contributed by atoms with E-state index in [2.05, 4.69) is 5.10 Å². The Morgan fingerprint density at radius 2 is 1.71 bits per heavy atom. The van der Waals surface area contributed by atoms with Crippen molar-refractivity contribution < 1.29 is 26.4 Å². The van der Waals surface area contributed by atoms with Crippen molar-refractivity contribution in [2.24, 2.45) is 5.14 Å². The van der Waals surface area contributed by atoms with Gasteiger partial charge in [0.15, 0.2) is 5.69 Å². The Balaban J connectivity index is 2.17. The largest absolute Gasteiger partial charge is 0.435 e. The lowest BCUT2D eigenvalue weighted by atomic mass is 10.0. The maximum Gasteiger partial charge on any atom is 0.435 e. The molecule has 0 saturated carbocycles. The number of halogens is 3. The molecule has 3 aromatic rings. The zero-order chi connectivity index (χ0) is 23.1. The third kappa shape index (κ3) is 4.62. The standard InChI is InChI=1S/C20H19F3N4O3S/c1-12-10-15(26(3)13(2)28)6-9-17(12)18-11-19(20(21,22)23)25-27(18)14-4-7-16(8-5-14)31(24,29)30/h4-11H,1-3H3,(H2,24,29,30). The van der Waals surface area contributed by atoms with E-state index in [0.29, 0.717) is 16.8 Å². The maximum atomic E-state index is 13.4. The molecule has 7 nitrogen and oxygen atoms in total. The van der Waals surface area contributed by atoms with Crippen LogP contribution in [0.2, 0.25) is 0 Å². The van der Waals surface area contributed by atoms with Crippen molar-refractivity contribution in [3.63, 3.8) is 0 Å². The third-order valence-electron chi connectivity index (χ3n) is 4.76. The van der Waals surface area contributed by atoms with Gasteiger partial charge >= 0.3 is 6.18 Å². The lowest BCUT2D eigenvalue weighted by Gasteiger charge is -2.17. The van der Waals surface area contributed by atoms with Gasteiger partial charge in [-0.15, -0.1) is 0 Å². The van der Waals surface area contributed by atoms with Crippen LogP contribution >= 0.6 is 0 Å². The first-order chi connectivity index (χ1) is 14.3. The Bertz CT molecular complexity index is 1250. The summed E-state index contributed by atoms with van der Waals surface area (Å²) in [7, 11) is -2.36. The van der Waals surface area contributed by atoms with Crippen LogP contribution in [0.15, 0.2) is 53.4 Å². The van der Waals surface area contributed by atoms with Crippen molar-refractivity contribution >= 4 is 21.6 Å².